The molecule has 0 spiro atoms. The minimum Gasteiger partial charge on any atom is -0.462 e. The second-order valence-electron chi connectivity index (χ2n) is 3.97. The van der Waals surface area contributed by atoms with Crippen LogP contribution in [0.15, 0.2) is 42.5 Å². The Bertz CT molecular complexity index is 628. The van der Waals surface area contributed by atoms with Crippen molar-refractivity contribution >= 4 is 23.3 Å². The number of nitrogens with two attached hydrogens (primary N) is 1. The highest BCUT2D eigenvalue weighted by molar-refractivity contribution is 6.32. The molecule has 0 heterocycles. The lowest BCUT2D eigenvalue weighted by molar-refractivity contribution is 0.0527. The van der Waals surface area contributed by atoms with Gasteiger partial charge in [0, 0.05) is 0 Å². The van der Waals surface area contributed by atoms with E-state index in [9.17, 15) is 4.79 Å². The molecule has 0 aliphatic heterocycles. The fraction of sp³-hybridized carbons (Fsp3) is 0.133. The van der Waals surface area contributed by atoms with E-state index in [1.165, 1.54) is 0 Å². The number of carbonyl (C=O) groups is 1. The summed E-state index contributed by atoms with van der Waals surface area (Å²) in [6.45, 7) is 2.02. The van der Waals surface area contributed by atoms with Crippen molar-refractivity contribution in [3.8, 4) is 11.5 Å². The van der Waals surface area contributed by atoms with Gasteiger partial charge in [0.1, 0.15) is 5.75 Å². The topological polar surface area (TPSA) is 61.5 Å². The van der Waals surface area contributed by atoms with Crippen LogP contribution in [0.1, 0.15) is 17.3 Å². The Morgan fingerprint density at radius 3 is 2.55 bits per heavy atom. The van der Waals surface area contributed by atoms with Crippen LogP contribution in [-0.4, -0.2) is 12.6 Å². The van der Waals surface area contributed by atoms with Crippen molar-refractivity contribution in [2.45, 2.75) is 6.92 Å². The van der Waals surface area contributed by atoms with Gasteiger partial charge in [-0.05, 0) is 31.2 Å². The second kappa shape index (κ2) is 6.30. The maximum atomic E-state index is 11.8. The van der Waals surface area contributed by atoms with Crippen LogP contribution in [0, 0.1) is 0 Å². The Kier molecular flexibility index (Phi) is 4.48. The van der Waals surface area contributed by atoms with Crippen molar-refractivity contribution in [1.29, 1.82) is 0 Å². The molecule has 0 aliphatic carbocycles. The zero-order chi connectivity index (χ0) is 14.5. The quantitative estimate of drug-likeness (QED) is 0.686. The second-order valence-corrected chi connectivity index (χ2v) is 4.38. The van der Waals surface area contributed by atoms with E-state index in [0.717, 1.165) is 0 Å². The number of anilines is 1. The monoisotopic (exact) mass is 291 g/mol. The highest BCUT2D eigenvalue weighted by atomic mass is 35.5. The molecule has 4 nitrogen and oxygen atoms in total. The van der Waals surface area contributed by atoms with Gasteiger partial charge in [0.25, 0.3) is 0 Å². The minimum atomic E-state index is -0.477. The van der Waals surface area contributed by atoms with Crippen molar-refractivity contribution in [2.24, 2.45) is 0 Å². The van der Waals surface area contributed by atoms with Crippen molar-refractivity contribution in [3.05, 3.63) is 53.1 Å². The van der Waals surface area contributed by atoms with Crippen molar-refractivity contribution < 1.29 is 14.3 Å². The first-order chi connectivity index (χ1) is 9.63. The number of benzene rings is 2. The third-order valence-electron chi connectivity index (χ3n) is 2.62. The highest BCUT2D eigenvalue weighted by Crippen LogP contribution is 2.33. The first-order valence-electron chi connectivity index (χ1n) is 6.11. The summed E-state index contributed by atoms with van der Waals surface area (Å²) in [5.41, 5.74) is 6.45. The Hall–Kier alpha value is -2.20. The molecule has 0 atom stereocenters. The van der Waals surface area contributed by atoms with Crippen LogP contribution >= 0.6 is 11.6 Å². The predicted molar refractivity (Wildman–Crippen MR) is 78.3 cm³/mol. The number of esters is 1. The molecule has 0 aromatic heterocycles. The van der Waals surface area contributed by atoms with Crippen LogP contribution in [0.5, 0.6) is 11.5 Å². The van der Waals surface area contributed by atoms with Crippen molar-refractivity contribution in [3.63, 3.8) is 0 Å². The van der Waals surface area contributed by atoms with Crippen LogP contribution < -0.4 is 10.5 Å². The number of halogens is 1. The lowest BCUT2D eigenvalue weighted by atomic mass is 10.1. The summed E-state index contributed by atoms with van der Waals surface area (Å²) in [7, 11) is 0. The van der Waals surface area contributed by atoms with E-state index in [0.29, 0.717) is 16.5 Å². The van der Waals surface area contributed by atoms with Gasteiger partial charge in [-0.3, -0.25) is 0 Å². The van der Waals surface area contributed by atoms with Gasteiger partial charge in [0.15, 0.2) is 5.75 Å². The van der Waals surface area contributed by atoms with E-state index in [1.807, 2.05) is 0 Å². The molecule has 2 rings (SSSR count). The number of hydrogen-bond acceptors (Lipinski definition) is 4. The van der Waals surface area contributed by atoms with Crippen LogP contribution in [0.4, 0.5) is 5.69 Å². The van der Waals surface area contributed by atoms with E-state index < -0.39 is 5.97 Å². The summed E-state index contributed by atoms with van der Waals surface area (Å²) in [5, 5.41) is 0.466. The summed E-state index contributed by atoms with van der Waals surface area (Å²) in [6, 6.07) is 12.0. The summed E-state index contributed by atoms with van der Waals surface area (Å²) >= 11 is 6.02. The van der Waals surface area contributed by atoms with Gasteiger partial charge in [-0.15, -0.1) is 0 Å². The lowest BCUT2D eigenvalue weighted by Crippen LogP contribution is -2.08. The molecule has 20 heavy (non-hydrogen) atoms. The van der Waals surface area contributed by atoms with Crippen LogP contribution in [0.25, 0.3) is 0 Å². The van der Waals surface area contributed by atoms with Crippen molar-refractivity contribution in [1.82, 2.24) is 0 Å². The maximum Gasteiger partial charge on any atom is 0.340 e. The molecule has 2 aromatic carbocycles. The van der Waals surface area contributed by atoms with Gasteiger partial charge < -0.3 is 15.2 Å². The summed E-state index contributed by atoms with van der Waals surface area (Å²) in [4.78, 5) is 11.8. The largest absolute Gasteiger partial charge is 0.462 e. The van der Waals surface area contributed by atoms with E-state index in [2.05, 4.69) is 0 Å². The highest BCUT2D eigenvalue weighted by Gasteiger charge is 2.15. The molecule has 0 saturated carbocycles. The molecule has 0 aliphatic rings. The Labute approximate surface area is 122 Å². The zero-order valence-corrected chi connectivity index (χ0v) is 11.7. The lowest BCUT2D eigenvalue weighted by Gasteiger charge is -2.12. The van der Waals surface area contributed by atoms with Gasteiger partial charge >= 0.3 is 5.97 Å². The molecule has 0 saturated heterocycles. The molecule has 0 bridgehead atoms. The first kappa shape index (κ1) is 14.2. The molecule has 0 unspecified atom stereocenters. The van der Waals surface area contributed by atoms with Gasteiger partial charge in [-0.1, -0.05) is 29.8 Å². The summed E-state index contributed by atoms with van der Waals surface area (Å²) in [5.74, 6) is 0.361. The van der Waals surface area contributed by atoms with E-state index >= 15 is 0 Å². The summed E-state index contributed by atoms with van der Waals surface area (Å²) in [6.07, 6.45) is 0. The van der Waals surface area contributed by atoms with Crippen LogP contribution in [-0.2, 0) is 4.74 Å². The average molecular weight is 292 g/mol. The molecular weight excluding hydrogens is 278 g/mol. The fourth-order valence-electron chi connectivity index (χ4n) is 1.67. The number of ether oxygens (including phenoxy) is 2. The number of hydrogen-bond donors (Lipinski definition) is 1. The van der Waals surface area contributed by atoms with Gasteiger partial charge in [-0.2, -0.15) is 0 Å². The standard InChI is InChI=1S/C15H14ClNO3/c1-2-19-15(18)10-6-5-9-13(14(10)17)20-12-8-4-3-7-11(12)16/h3-9H,2,17H2,1H3. The van der Waals surface area contributed by atoms with Crippen LogP contribution in [0.2, 0.25) is 5.02 Å². The summed E-state index contributed by atoms with van der Waals surface area (Å²) < 4.78 is 10.6. The first-order valence-corrected chi connectivity index (χ1v) is 6.49. The molecule has 0 amide bonds. The third kappa shape index (κ3) is 3.03. The number of para-hydroxylation sites is 2. The van der Waals surface area contributed by atoms with Gasteiger partial charge in [0.05, 0.1) is 22.9 Å². The van der Waals surface area contributed by atoms with E-state index in [1.54, 1.807) is 49.4 Å². The van der Waals surface area contributed by atoms with Crippen LogP contribution in [0.3, 0.4) is 0 Å². The van der Waals surface area contributed by atoms with Gasteiger partial charge in [0.2, 0.25) is 0 Å². The molecule has 104 valence electrons. The van der Waals surface area contributed by atoms with Gasteiger partial charge in [-0.25, -0.2) is 4.79 Å². The maximum absolute atomic E-state index is 11.8. The smallest absolute Gasteiger partial charge is 0.340 e. The number of carbonyl (C=O) groups excluding carboxylic acids is 1. The average Bonchev–Trinajstić information content (AvgIpc) is 2.43. The molecule has 2 N–H and O–H groups in total. The zero-order valence-electron chi connectivity index (χ0n) is 10.9. The molecule has 0 radical (unpaired) electrons. The third-order valence-corrected chi connectivity index (χ3v) is 2.93. The SMILES string of the molecule is CCOC(=O)c1cccc(Oc2ccccc2Cl)c1N. The molecule has 0 fully saturated rings. The van der Waals surface area contributed by atoms with Crippen molar-refractivity contribution in [2.75, 3.05) is 12.3 Å². The molecule has 2 aromatic rings. The van der Waals surface area contributed by atoms with E-state index in [4.69, 9.17) is 26.8 Å². The number of nitrogen functional groups attached to an aromatic ring is 1. The predicted octanol–water partition coefficient (Wildman–Crippen LogP) is 3.89. The normalized spacial score (nSPS) is 10.1. The Balaban J connectivity index is 2.32. The fourth-order valence-corrected chi connectivity index (χ4v) is 1.84. The Morgan fingerprint density at radius 1 is 1.15 bits per heavy atom. The minimum absolute atomic E-state index is 0.228. The molecular formula is C15H14ClNO3. The Morgan fingerprint density at radius 2 is 1.85 bits per heavy atom. The number of rotatable bonds is 4. The van der Waals surface area contributed by atoms with E-state index in [-0.39, 0.29) is 17.9 Å². The molecule has 5 heteroatoms.